The van der Waals surface area contributed by atoms with Gasteiger partial charge in [-0.1, -0.05) is 6.07 Å². The Balaban J connectivity index is 1.82. The molecule has 1 aromatic rings. The highest BCUT2D eigenvalue weighted by Gasteiger charge is 2.17. The summed E-state index contributed by atoms with van der Waals surface area (Å²) in [5.41, 5.74) is 6.85. The van der Waals surface area contributed by atoms with Gasteiger partial charge in [0, 0.05) is 39.3 Å². The first-order valence-electron chi connectivity index (χ1n) is 9.29. The summed E-state index contributed by atoms with van der Waals surface area (Å²) in [6, 6.07) is 6.20. The molecular formula is C19H33N3O3. The second-order valence-electron chi connectivity index (χ2n) is 6.29. The van der Waals surface area contributed by atoms with Crippen LogP contribution in [0.1, 0.15) is 18.9 Å². The Morgan fingerprint density at radius 3 is 2.48 bits per heavy atom. The topological polar surface area (TPSA) is 60.2 Å². The van der Waals surface area contributed by atoms with E-state index >= 15 is 0 Å². The predicted molar refractivity (Wildman–Crippen MR) is 100 cm³/mol. The fourth-order valence-electron chi connectivity index (χ4n) is 3.03. The van der Waals surface area contributed by atoms with Gasteiger partial charge in [-0.05, 0) is 44.1 Å². The van der Waals surface area contributed by atoms with Gasteiger partial charge in [0.25, 0.3) is 0 Å². The van der Waals surface area contributed by atoms with E-state index in [0.717, 1.165) is 63.7 Å². The molecule has 6 nitrogen and oxygen atoms in total. The molecule has 1 aliphatic rings. The van der Waals surface area contributed by atoms with Crippen LogP contribution in [0, 0.1) is 0 Å². The summed E-state index contributed by atoms with van der Waals surface area (Å²) in [5, 5.41) is 0. The molecule has 2 N–H and O–H groups in total. The number of nitrogens with zero attached hydrogens (tertiary/aromatic N) is 2. The molecule has 1 heterocycles. The monoisotopic (exact) mass is 351 g/mol. The number of benzene rings is 1. The standard InChI is InChI=1S/C19H33N3O3/c1-3-24-13-14-25-18-6-5-17(15-19(18)23-2)16-22-11-9-21(10-12-22)8-4-7-20/h5-6,15H,3-4,7-14,16,20H2,1-2H3. The molecule has 142 valence electrons. The van der Waals surface area contributed by atoms with Crippen molar-refractivity contribution in [3.63, 3.8) is 0 Å². The molecule has 2 rings (SSSR count). The van der Waals surface area contributed by atoms with Crippen LogP contribution in [0.4, 0.5) is 0 Å². The first kappa shape index (κ1) is 20.0. The minimum atomic E-state index is 0.536. The molecule has 0 spiro atoms. The lowest BCUT2D eigenvalue weighted by atomic mass is 10.1. The quantitative estimate of drug-likeness (QED) is 0.611. The maximum Gasteiger partial charge on any atom is 0.161 e. The van der Waals surface area contributed by atoms with Crippen molar-refractivity contribution in [1.29, 1.82) is 0 Å². The maximum absolute atomic E-state index is 5.75. The summed E-state index contributed by atoms with van der Waals surface area (Å²) in [6.07, 6.45) is 1.09. The van der Waals surface area contributed by atoms with Gasteiger partial charge in [-0.15, -0.1) is 0 Å². The summed E-state index contributed by atoms with van der Waals surface area (Å²) in [4.78, 5) is 4.99. The van der Waals surface area contributed by atoms with Crippen LogP contribution in [0.25, 0.3) is 0 Å². The molecule has 0 bridgehead atoms. The van der Waals surface area contributed by atoms with Gasteiger partial charge in [0.05, 0.1) is 13.7 Å². The number of ether oxygens (including phenoxy) is 3. The number of hydrogen-bond acceptors (Lipinski definition) is 6. The smallest absolute Gasteiger partial charge is 0.161 e. The number of nitrogens with two attached hydrogens (primary N) is 1. The van der Waals surface area contributed by atoms with Gasteiger partial charge in [0.1, 0.15) is 6.61 Å². The van der Waals surface area contributed by atoms with Gasteiger partial charge in [0.2, 0.25) is 0 Å². The van der Waals surface area contributed by atoms with Crippen molar-refractivity contribution in [1.82, 2.24) is 9.80 Å². The predicted octanol–water partition coefficient (Wildman–Crippen LogP) is 1.58. The van der Waals surface area contributed by atoms with Crippen LogP contribution in [0.5, 0.6) is 11.5 Å². The van der Waals surface area contributed by atoms with Gasteiger partial charge in [-0.2, -0.15) is 0 Å². The van der Waals surface area contributed by atoms with Crippen LogP contribution in [0.3, 0.4) is 0 Å². The molecule has 25 heavy (non-hydrogen) atoms. The number of hydrogen-bond donors (Lipinski definition) is 1. The van der Waals surface area contributed by atoms with Crippen LogP contribution >= 0.6 is 0 Å². The average molecular weight is 351 g/mol. The molecule has 1 saturated heterocycles. The third-order valence-corrected chi connectivity index (χ3v) is 4.47. The first-order valence-corrected chi connectivity index (χ1v) is 9.29. The zero-order chi connectivity index (χ0) is 17.9. The molecule has 0 unspecified atom stereocenters. The Hall–Kier alpha value is -1.34. The summed E-state index contributed by atoms with van der Waals surface area (Å²) >= 11 is 0. The van der Waals surface area contributed by atoms with Gasteiger partial charge in [-0.25, -0.2) is 0 Å². The van der Waals surface area contributed by atoms with E-state index in [1.165, 1.54) is 5.56 Å². The molecule has 0 aliphatic carbocycles. The van der Waals surface area contributed by atoms with E-state index in [4.69, 9.17) is 19.9 Å². The molecular weight excluding hydrogens is 318 g/mol. The molecule has 0 saturated carbocycles. The lowest BCUT2D eigenvalue weighted by Crippen LogP contribution is -2.46. The fraction of sp³-hybridized carbons (Fsp3) is 0.684. The Morgan fingerprint density at radius 1 is 1.04 bits per heavy atom. The van der Waals surface area contributed by atoms with E-state index < -0.39 is 0 Å². The minimum Gasteiger partial charge on any atom is -0.493 e. The van der Waals surface area contributed by atoms with E-state index in [9.17, 15) is 0 Å². The molecule has 1 aliphatic heterocycles. The van der Waals surface area contributed by atoms with E-state index in [0.29, 0.717) is 19.8 Å². The third-order valence-electron chi connectivity index (χ3n) is 4.47. The van der Waals surface area contributed by atoms with Crippen molar-refractivity contribution in [3.05, 3.63) is 23.8 Å². The lowest BCUT2D eigenvalue weighted by Gasteiger charge is -2.34. The van der Waals surface area contributed by atoms with Gasteiger partial charge in [0.15, 0.2) is 11.5 Å². The normalized spacial score (nSPS) is 16.1. The highest BCUT2D eigenvalue weighted by atomic mass is 16.5. The van der Waals surface area contributed by atoms with E-state index in [2.05, 4.69) is 21.9 Å². The zero-order valence-electron chi connectivity index (χ0n) is 15.7. The largest absolute Gasteiger partial charge is 0.493 e. The zero-order valence-corrected chi connectivity index (χ0v) is 15.7. The van der Waals surface area contributed by atoms with Crippen LogP contribution in [0.2, 0.25) is 0 Å². The highest BCUT2D eigenvalue weighted by molar-refractivity contribution is 5.43. The van der Waals surface area contributed by atoms with Crippen molar-refractivity contribution in [2.24, 2.45) is 5.73 Å². The molecule has 0 atom stereocenters. The van der Waals surface area contributed by atoms with Crippen LogP contribution in [-0.4, -0.2) is 76.0 Å². The average Bonchev–Trinajstić information content (AvgIpc) is 2.65. The number of rotatable bonds is 11. The van der Waals surface area contributed by atoms with Crippen molar-refractivity contribution < 1.29 is 14.2 Å². The van der Waals surface area contributed by atoms with Gasteiger partial charge < -0.3 is 24.8 Å². The van der Waals surface area contributed by atoms with Crippen LogP contribution in [0.15, 0.2) is 18.2 Å². The first-order chi connectivity index (χ1) is 12.3. The minimum absolute atomic E-state index is 0.536. The van der Waals surface area contributed by atoms with Crippen molar-refractivity contribution in [2.75, 3.05) is 66.2 Å². The summed E-state index contributed by atoms with van der Waals surface area (Å²) in [7, 11) is 1.69. The third kappa shape index (κ3) is 6.82. The van der Waals surface area contributed by atoms with E-state index in [1.54, 1.807) is 7.11 Å². The Kier molecular flexibility index (Phi) is 9.04. The Labute approximate surface area is 151 Å². The summed E-state index contributed by atoms with van der Waals surface area (Å²) in [6.45, 7) is 11.1. The lowest BCUT2D eigenvalue weighted by molar-refractivity contribution is 0.109. The van der Waals surface area contributed by atoms with Crippen molar-refractivity contribution >= 4 is 0 Å². The second kappa shape index (κ2) is 11.3. The van der Waals surface area contributed by atoms with Crippen molar-refractivity contribution in [2.45, 2.75) is 19.9 Å². The molecule has 0 radical (unpaired) electrons. The van der Waals surface area contributed by atoms with Gasteiger partial charge >= 0.3 is 0 Å². The molecule has 0 amide bonds. The van der Waals surface area contributed by atoms with E-state index in [-0.39, 0.29) is 0 Å². The fourth-order valence-corrected chi connectivity index (χ4v) is 3.03. The van der Waals surface area contributed by atoms with Gasteiger partial charge in [-0.3, -0.25) is 4.90 Å². The van der Waals surface area contributed by atoms with Crippen LogP contribution in [-0.2, 0) is 11.3 Å². The molecule has 1 fully saturated rings. The highest BCUT2D eigenvalue weighted by Crippen LogP contribution is 2.28. The second-order valence-corrected chi connectivity index (χ2v) is 6.29. The van der Waals surface area contributed by atoms with Crippen LogP contribution < -0.4 is 15.2 Å². The van der Waals surface area contributed by atoms with Crippen molar-refractivity contribution in [3.8, 4) is 11.5 Å². The summed E-state index contributed by atoms with van der Waals surface area (Å²) in [5.74, 6) is 1.56. The Bertz CT molecular complexity index is 491. The van der Waals surface area contributed by atoms with E-state index in [1.807, 2.05) is 13.0 Å². The number of methoxy groups -OCH3 is 1. The Morgan fingerprint density at radius 2 is 1.80 bits per heavy atom. The number of piperazine rings is 1. The molecule has 1 aromatic carbocycles. The maximum atomic E-state index is 5.75. The summed E-state index contributed by atoms with van der Waals surface area (Å²) < 4.78 is 16.5. The molecule has 0 aromatic heterocycles. The molecule has 6 heteroatoms. The SMILES string of the molecule is CCOCCOc1ccc(CN2CCN(CCCN)CC2)cc1OC.